The van der Waals surface area contributed by atoms with Gasteiger partial charge in [0.25, 0.3) is 11.8 Å². The predicted octanol–water partition coefficient (Wildman–Crippen LogP) is 5.49. The predicted molar refractivity (Wildman–Crippen MR) is 176 cm³/mol. The number of ether oxygens (including phenoxy) is 1. The van der Waals surface area contributed by atoms with E-state index in [1.165, 1.54) is 0 Å². The molecule has 2 aromatic carbocycles. The number of benzene rings is 2. The van der Waals surface area contributed by atoms with Crippen LogP contribution in [0.1, 0.15) is 50.0 Å². The van der Waals surface area contributed by atoms with Crippen LogP contribution in [0.15, 0.2) is 48.7 Å². The fraction of sp³-hybridized carbons (Fsp3) is 0.353. The normalized spacial score (nSPS) is 16.7. The third-order valence-corrected chi connectivity index (χ3v) is 9.18. The number of imidazole rings is 1. The minimum atomic E-state index is -0.821. The number of likely N-dealkylation sites (N-methyl/N-ethyl adjacent to an activating group) is 1. The van der Waals surface area contributed by atoms with Gasteiger partial charge in [-0.3, -0.25) is 19.5 Å². The number of nitrogens with one attached hydrogen (secondary N) is 2. The highest BCUT2D eigenvalue weighted by Gasteiger charge is 2.26. The molecule has 0 aliphatic carbocycles. The summed E-state index contributed by atoms with van der Waals surface area (Å²) in [4.78, 5) is 39.8. The number of halogens is 2. The Morgan fingerprint density at radius 3 is 2.54 bits per heavy atom. The van der Waals surface area contributed by atoms with E-state index in [9.17, 15) is 14.0 Å². The maximum atomic E-state index is 13.7. The molecule has 4 heterocycles. The van der Waals surface area contributed by atoms with E-state index in [0.717, 1.165) is 41.0 Å². The molecule has 0 unspecified atom stereocenters. The second kappa shape index (κ2) is 13.2. The first-order valence-corrected chi connectivity index (χ1v) is 15.6. The molecule has 2 aliphatic heterocycles. The van der Waals surface area contributed by atoms with E-state index in [2.05, 4.69) is 25.5 Å². The quantitative estimate of drug-likeness (QED) is 0.261. The minimum Gasteiger partial charge on any atom is -0.496 e. The maximum Gasteiger partial charge on any atom is 0.291 e. The van der Waals surface area contributed by atoms with Gasteiger partial charge < -0.3 is 24.8 Å². The lowest BCUT2D eigenvalue weighted by Crippen LogP contribution is -2.27. The molecule has 2 N–H and O–H groups in total. The van der Waals surface area contributed by atoms with Crippen LogP contribution >= 0.6 is 11.6 Å². The number of nitrogens with zero attached hydrogens (tertiary/aromatic N) is 5. The lowest BCUT2D eigenvalue weighted by Gasteiger charge is -2.21. The Morgan fingerprint density at radius 1 is 1.07 bits per heavy atom. The van der Waals surface area contributed by atoms with Crippen LogP contribution in [0.25, 0.3) is 11.1 Å². The molecule has 10 nitrogen and oxygen atoms in total. The molecule has 6 rings (SSSR count). The number of carbonyl (C=O) groups is 2. The van der Waals surface area contributed by atoms with Crippen molar-refractivity contribution in [1.29, 1.82) is 0 Å². The summed E-state index contributed by atoms with van der Waals surface area (Å²) >= 11 is 6.89. The summed E-state index contributed by atoms with van der Waals surface area (Å²) in [7, 11) is 5.44. The zero-order valence-electron chi connectivity index (χ0n) is 26.4. The Bertz CT molecular complexity index is 1810. The van der Waals surface area contributed by atoms with E-state index in [0.29, 0.717) is 66.1 Å². The first kappa shape index (κ1) is 31.7. The fourth-order valence-corrected chi connectivity index (χ4v) is 6.47. The zero-order chi connectivity index (χ0) is 32.5. The van der Waals surface area contributed by atoms with E-state index >= 15 is 0 Å². The van der Waals surface area contributed by atoms with E-state index in [1.807, 2.05) is 60.8 Å². The van der Waals surface area contributed by atoms with Crippen LogP contribution in [0, 0.1) is 6.92 Å². The Hall–Kier alpha value is -4.32. The highest BCUT2D eigenvalue weighted by atomic mass is 35.5. The highest BCUT2D eigenvalue weighted by molar-refractivity contribution is 6.36. The van der Waals surface area contributed by atoms with Crippen molar-refractivity contribution in [3.05, 3.63) is 87.7 Å². The van der Waals surface area contributed by atoms with Crippen LogP contribution in [-0.4, -0.2) is 76.1 Å². The molecule has 1 fully saturated rings. The molecule has 0 bridgehead atoms. The maximum absolute atomic E-state index is 13.7. The first-order valence-electron chi connectivity index (χ1n) is 15.3. The van der Waals surface area contributed by atoms with Gasteiger partial charge in [-0.2, -0.15) is 0 Å². The number of anilines is 2. The van der Waals surface area contributed by atoms with Crippen molar-refractivity contribution in [3.8, 4) is 16.9 Å². The summed E-state index contributed by atoms with van der Waals surface area (Å²) in [5.74, 6) is 0.130. The number of rotatable bonds is 8. The number of hydrogen-bond acceptors (Lipinski definition) is 7. The number of hydrogen-bond donors (Lipinski definition) is 2. The molecule has 4 aromatic rings. The van der Waals surface area contributed by atoms with Crippen molar-refractivity contribution in [2.45, 2.75) is 39.0 Å². The first-order chi connectivity index (χ1) is 22.1. The van der Waals surface area contributed by atoms with Crippen LogP contribution in [0.5, 0.6) is 5.75 Å². The van der Waals surface area contributed by atoms with Gasteiger partial charge in [-0.15, -0.1) is 0 Å². The van der Waals surface area contributed by atoms with Crippen molar-refractivity contribution in [1.82, 2.24) is 24.3 Å². The molecular weight excluding hydrogens is 609 g/mol. The molecule has 12 heteroatoms. The Balaban J connectivity index is 1.20. The van der Waals surface area contributed by atoms with Gasteiger partial charge in [0.2, 0.25) is 0 Å². The third kappa shape index (κ3) is 6.35. The number of pyridine rings is 1. The number of fused-ring (bicyclic) bond motifs is 1. The summed E-state index contributed by atoms with van der Waals surface area (Å²) in [5, 5.41) is 6.28. The number of amides is 2. The van der Waals surface area contributed by atoms with Crippen LogP contribution < -0.4 is 15.4 Å². The van der Waals surface area contributed by atoms with Crippen molar-refractivity contribution in [2.24, 2.45) is 7.05 Å². The number of aromatic nitrogens is 3. The highest BCUT2D eigenvalue weighted by Crippen LogP contribution is 2.38. The van der Waals surface area contributed by atoms with Crippen LogP contribution in [0.3, 0.4) is 0 Å². The van der Waals surface area contributed by atoms with Crippen molar-refractivity contribution in [2.75, 3.05) is 44.4 Å². The standard InChI is InChI=1S/C34H37ClFN7O3/c1-20-23(24-8-6-10-26(31(24)35)40-34(45)32-38-28-19-41(2)13-12-29(28)42(32)3)7-5-9-25(20)39-33(44)27-15-30(46-4)21(16-37-27)17-43-14-11-22(36)18-43/h5-10,15-16,22H,11-14,17-19H2,1-4H3,(H,39,44)(H,40,45)/t22-/m0/s1. The lowest BCUT2D eigenvalue weighted by molar-refractivity contribution is 0.100. The summed E-state index contributed by atoms with van der Waals surface area (Å²) in [6.45, 7) is 5.07. The molecule has 46 heavy (non-hydrogen) atoms. The molecule has 1 atom stereocenters. The molecule has 2 amide bonds. The molecule has 0 saturated carbocycles. The summed E-state index contributed by atoms with van der Waals surface area (Å²) in [6, 6.07) is 12.6. The number of carbonyl (C=O) groups excluding carboxylic acids is 2. The lowest BCUT2D eigenvalue weighted by atomic mass is 9.98. The largest absolute Gasteiger partial charge is 0.496 e. The van der Waals surface area contributed by atoms with Gasteiger partial charge in [0.1, 0.15) is 17.6 Å². The topological polar surface area (TPSA) is 105 Å². The smallest absolute Gasteiger partial charge is 0.291 e. The van der Waals surface area contributed by atoms with E-state index in [1.54, 1.807) is 25.4 Å². The van der Waals surface area contributed by atoms with Crippen LogP contribution in [0.4, 0.5) is 15.8 Å². The Kier molecular flexibility index (Phi) is 9.08. The van der Waals surface area contributed by atoms with Crippen molar-refractivity contribution in [3.63, 3.8) is 0 Å². The number of methoxy groups -OCH3 is 1. The molecule has 2 aromatic heterocycles. The number of alkyl halides is 1. The van der Waals surface area contributed by atoms with Gasteiger partial charge in [0, 0.05) is 81.0 Å². The molecule has 0 spiro atoms. The minimum absolute atomic E-state index is 0.195. The molecule has 2 aliphatic rings. The molecule has 1 saturated heterocycles. The van der Waals surface area contributed by atoms with Gasteiger partial charge in [-0.05, 0) is 43.7 Å². The third-order valence-electron chi connectivity index (χ3n) is 8.77. The van der Waals surface area contributed by atoms with Gasteiger partial charge in [0.05, 0.1) is 23.5 Å². The number of likely N-dealkylation sites (tertiary alicyclic amines) is 1. The van der Waals surface area contributed by atoms with Gasteiger partial charge in [-0.25, -0.2) is 9.37 Å². The van der Waals surface area contributed by atoms with E-state index < -0.39 is 12.1 Å². The molecule has 240 valence electrons. The van der Waals surface area contributed by atoms with Crippen molar-refractivity contribution < 1.29 is 18.7 Å². The van der Waals surface area contributed by atoms with Gasteiger partial charge >= 0.3 is 0 Å². The Labute approximate surface area is 272 Å². The average molecular weight is 646 g/mol. The van der Waals surface area contributed by atoms with Gasteiger partial charge in [-0.1, -0.05) is 35.9 Å². The van der Waals surface area contributed by atoms with Gasteiger partial charge in [0.15, 0.2) is 5.82 Å². The summed E-state index contributed by atoms with van der Waals surface area (Å²) in [5.41, 5.74) is 6.32. The monoisotopic (exact) mass is 645 g/mol. The SMILES string of the molecule is COc1cc(C(=O)Nc2cccc(-c3cccc(NC(=O)c4nc5c(n4C)CCN(C)C5)c3Cl)c2C)ncc1CN1CC[C@H](F)C1. The summed E-state index contributed by atoms with van der Waals surface area (Å²) in [6.07, 6.45) is 2.14. The van der Waals surface area contributed by atoms with Crippen molar-refractivity contribution >= 4 is 34.8 Å². The molecular formula is C34H37ClFN7O3. The van der Waals surface area contributed by atoms with Crippen LogP contribution in [0.2, 0.25) is 5.02 Å². The Morgan fingerprint density at radius 2 is 1.80 bits per heavy atom. The van der Waals surface area contributed by atoms with E-state index in [-0.39, 0.29) is 11.6 Å². The fourth-order valence-electron chi connectivity index (χ4n) is 6.19. The van der Waals surface area contributed by atoms with E-state index in [4.69, 9.17) is 16.3 Å². The van der Waals surface area contributed by atoms with Crippen LogP contribution in [-0.2, 0) is 26.6 Å². The zero-order valence-corrected chi connectivity index (χ0v) is 27.1. The second-order valence-electron chi connectivity index (χ2n) is 11.9. The second-order valence-corrected chi connectivity index (χ2v) is 12.3. The average Bonchev–Trinajstić information content (AvgIpc) is 3.60. The molecule has 0 radical (unpaired) electrons. The summed E-state index contributed by atoms with van der Waals surface area (Å²) < 4.78 is 21.1.